The van der Waals surface area contributed by atoms with E-state index in [1.54, 1.807) is 7.11 Å². The molecular weight excluding hydrogens is 316 g/mol. The van der Waals surface area contributed by atoms with Crippen LogP contribution in [0.3, 0.4) is 0 Å². The molecule has 0 unspecified atom stereocenters. The van der Waals surface area contributed by atoms with Crippen molar-refractivity contribution in [2.75, 3.05) is 38.3 Å². The Kier molecular flexibility index (Phi) is 6.33. The van der Waals surface area contributed by atoms with Gasteiger partial charge in [0.05, 0.1) is 0 Å². The Bertz CT molecular complexity index is 417. The Morgan fingerprint density at radius 2 is 2.10 bits per heavy atom. The number of piperidine rings is 1. The molecule has 0 spiro atoms. The summed E-state index contributed by atoms with van der Waals surface area (Å²) in [7, 11) is 1.80. The Hall–Kier alpha value is -0.580. The van der Waals surface area contributed by atoms with E-state index in [-0.39, 0.29) is 0 Å². The smallest absolute Gasteiger partial charge is 0.0491 e. The molecule has 112 valence electrons. The lowest BCUT2D eigenvalue weighted by Crippen LogP contribution is -2.35. The summed E-state index contributed by atoms with van der Waals surface area (Å²) < 4.78 is 6.47. The minimum Gasteiger partial charge on any atom is -0.384 e. The number of benzene rings is 1. The summed E-state index contributed by atoms with van der Waals surface area (Å²) in [5.41, 5.74) is 2.65. The van der Waals surface area contributed by atoms with Crippen molar-refractivity contribution in [1.29, 1.82) is 0 Å². The number of anilines is 1. The Balaban J connectivity index is 1.95. The topological polar surface area (TPSA) is 24.5 Å². The van der Waals surface area contributed by atoms with E-state index in [1.807, 2.05) is 0 Å². The van der Waals surface area contributed by atoms with Crippen molar-refractivity contribution in [3.05, 3.63) is 28.2 Å². The van der Waals surface area contributed by atoms with E-state index in [0.29, 0.717) is 0 Å². The minimum atomic E-state index is 0.729. The first-order valence-electron chi connectivity index (χ1n) is 7.47. The van der Waals surface area contributed by atoms with E-state index in [0.717, 1.165) is 38.7 Å². The largest absolute Gasteiger partial charge is 0.384 e. The van der Waals surface area contributed by atoms with Gasteiger partial charge in [-0.25, -0.2) is 0 Å². The van der Waals surface area contributed by atoms with Crippen molar-refractivity contribution >= 4 is 21.6 Å². The molecule has 0 saturated carbocycles. The van der Waals surface area contributed by atoms with Gasteiger partial charge >= 0.3 is 0 Å². The van der Waals surface area contributed by atoms with Gasteiger partial charge in [-0.2, -0.15) is 0 Å². The Morgan fingerprint density at radius 3 is 2.70 bits per heavy atom. The number of halogens is 1. The van der Waals surface area contributed by atoms with E-state index < -0.39 is 0 Å². The number of ether oxygens (including phenoxy) is 1. The summed E-state index contributed by atoms with van der Waals surface area (Å²) in [5, 5.41) is 3.37. The summed E-state index contributed by atoms with van der Waals surface area (Å²) in [6.07, 6.45) is 2.45. The second-order valence-electron chi connectivity index (χ2n) is 5.44. The standard InChI is InChI=1S/C16H25BrN2O/c1-3-18-11-14-4-5-15(10-16(14)17)19-8-6-13(7-9-19)12-20-2/h4-5,10,13,18H,3,6-9,11-12H2,1-2H3. The molecule has 1 aromatic carbocycles. The van der Waals surface area contributed by atoms with Crippen LogP contribution in [0.25, 0.3) is 0 Å². The maximum Gasteiger partial charge on any atom is 0.0491 e. The molecular formula is C16H25BrN2O. The molecule has 4 heteroatoms. The predicted molar refractivity (Wildman–Crippen MR) is 88.3 cm³/mol. The molecule has 0 amide bonds. The Morgan fingerprint density at radius 1 is 1.35 bits per heavy atom. The van der Waals surface area contributed by atoms with Crippen molar-refractivity contribution in [3.8, 4) is 0 Å². The maximum absolute atomic E-state index is 5.26. The number of nitrogens with zero attached hydrogens (tertiary/aromatic N) is 1. The van der Waals surface area contributed by atoms with Crippen LogP contribution in [0.5, 0.6) is 0 Å². The van der Waals surface area contributed by atoms with Gasteiger partial charge in [0, 0.05) is 43.5 Å². The Labute approximate surface area is 130 Å². The summed E-state index contributed by atoms with van der Waals surface area (Å²) in [6, 6.07) is 6.72. The lowest BCUT2D eigenvalue weighted by atomic mass is 9.97. The third-order valence-electron chi connectivity index (χ3n) is 3.98. The molecule has 0 aromatic heterocycles. The highest BCUT2D eigenvalue weighted by Crippen LogP contribution is 2.28. The molecule has 1 saturated heterocycles. The summed E-state index contributed by atoms with van der Waals surface area (Å²) in [5.74, 6) is 0.729. The predicted octanol–water partition coefficient (Wildman–Crippen LogP) is 3.42. The molecule has 1 N–H and O–H groups in total. The normalized spacial score (nSPS) is 16.6. The van der Waals surface area contributed by atoms with Gasteiger partial charge in [0.2, 0.25) is 0 Å². The molecule has 0 aliphatic carbocycles. The monoisotopic (exact) mass is 340 g/mol. The molecule has 20 heavy (non-hydrogen) atoms. The second kappa shape index (κ2) is 8.01. The average Bonchev–Trinajstić information content (AvgIpc) is 2.47. The van der Waals surface area contributed by atoms with Crippen LogP contribution < -0.4 is 10.2 Å². The molecule has 1 aromatic rings. The van der Waals surface area contributed by atoms with Crippen LogP contribution in [0.15, 0.2) is 22.7 Å². The zero-order chi connectivity index (χ0) is 14.4. The first-order chi connectivity index (χ1) is 9.74. The summed E-state index contributed by atoms with van der Waals surface area (Å²) in [6.45, 7) is 7.22. The molecule has 1 aliphatic rings. The zero-order valence-corrected chi connectivity index (χ0v) is 14.1. The molecule has 3 nitrogen and oxygen atoms in total. The van der Waals surface area contributed by atoms with Crippen LogP contribution in [0.2, 0.25) is 0 Å². The number of hydrogen-bond donors (Lipinski definition) is 1. The van der Waals surface area contributed by atoms with Crippen LogP contribution in [-0.4, -0.2) is 33.4 Å². The molecule has 1 fully saturated rings. The molecule has 0 bridgehead atoms. The number of nitrogens with one attached hydrogen (secondary N) is 1. The van der Waals surface area contributed by atoms with Gasteiger partial charge in [0.25, 0.3) is 0 Å². The fraction of sp³-hybridized carbons (Fsp3) is 0.625. The third-order valence-corrected chi connectivity index (χ3v) is 4.72. The first-order valence-corrected chi connectivity index (χ1v) is 8.27. The van der Waals surface area contributed by atoms with Crippen molar-refractivity contribution in [2.45, 2.75) is 26.3 Å². The minimum absolute atomic E-state index is 0.729. The van der Waals surface area contributed by atoms with Crippen molar-refractivity contribution < 1.29 is 4.74 Å². The highest BCUT2D eigenvalue weighted by molar-refractivity contribution is 9.10. The summed E-state index contributed by atoms with van der Waals surface area (Å²) >= 11 is 3.69. The fourth-order valence-electron chi connectivity index (χ4n) is 2.73. The van der Waals surface area contributed by atoms with Gasteiger partial charge in [-0.3, -0.25) is 0 Å². The molecule has 0 atom stereocenters. The molecule has 1 heterocycles. The van der Waals surface area contributed by atoms with Crippen molar-refractivity contribution in [1.82, 2.24) is 5.32 Å². The van der Waals surface area contributed by atoms with Gasteiger partial charge < -0.3 is 15.0 Å². The fourth-order valence-corrected chi connectivity index (χ4v) is 3.24. The van der Waals surface area contributed by atoms with Crippen LogP contribution in [0.1, 0.15) is 25.3 Å². The highest BCUT2D eigenvalue weighted by Gasteiger charge is 2.19. The molecule has 1 aliphatic heterocycles. The number of methoxy groups -OCH3 is 1. The van der Waals surface area contributed by atoms with E-state index in [4.69, 9.17) is 4.74 Å². The van der Waals surface area contributed by atoms with Gasteiger partial charge in [-0.15, -0.1) is 0 Å². The van der Waals surface area contributed by atoms with E-state index in [9.17, 15) is 0 Å². The third kappa shape index (κ3) is 4.21. The highest BCUT2D eigenvalue weighted by atomic mass is 79.9. The molecule has 2 rings (SSSR count). The van der Waals surface area contributed by atoms with Crippen molar-refractivity contribution in [2.24, 2.45) is 5.92 Å². The van der Waals surface area contributed by atoms with Gasteiger partial charge in [-0.05, 0) is 43.0 Å². The average molecular weight is 341 g/mol. The zero-order valence-electron chi connectivity index (χ0n) is 12.5. The molecule has 0 radical (unpaired) electrons. The van der Waals surface area contributed by atoms with E-state index in [1.165, 1.54) is 28.6 Å². The van der Waals surface area contributed by atoms with Gasteiger partial charge in [-0.1, -0.05) is 28.9 Å². The van der Waals surface area contributed by atoms with Crippen LogP contribution in [0.4, 0.5) is 5.69 Å². The summed E-state index contributed by atoms with van der Waals surface area (Å²) in [4.78, 5) is 2.48. The quantitative estimate of drug-likeness (QED) is 0.858. The second-order valence-corrected chi connectivity index (χ2v) is 6.30. The van der Waals surface area contributed by atoms with E-state index in [2.05, 4.69) is 51.3 Å². The number of rotatable bonds is 6. The van der Waals surface area contributed by atoms with Crippen LogP contribution >= 0.6 is 15.9 Å². The number of hydrogen-bond acceptors (Lipinski definition) is 3. The maximum atomic E-state index is 5.26. The van der Waals surface area contributed by atoms with Crippen LogP contribution in [0, 0.1) is 5.92 Å². The lowest BCUT2D eigenvalue weighted by Gasteiger charge is -2.33. The van der Waals surface area contributed by atoms with Crippen molar-refractivity contribution in [3.63, 3.8) is 0 Å². The van der Waals surface area contributed by atoms with E-state index >= 15 is 0 Å². The van der Waals surface area contributed by atoms with Gasteiger partial charge in [0.15, 0.2) is 0 Å². The van der Waals surface area contributed by atoms with Crippen LogP contribution in [-0.2, 0) is 11.3 Å². The first kappa shape index (κ1) is 15.8. The SMILES string of the molecule is CCNCc1ccc(N2CCC(COC)CC2)cc1Br. The van der Waals surface area contributed by atoms with Gasteiger partial charge in [0.1, 0.15) is 0 Å². The lowest BCUT2D eigenvalue weighted by molar-refractivity contribution is 0.139.